The molecule has 18 heavy (non-hydrogen) atoms. The molecule has 0 aromatic heterocycles. The molecule has 0 aromatic rings. The van der Waals surface area contributed by atoms with Gasteiger partial charge in [-0.2, -0.15) is 0 Å². The molecule has 1 N–H and O–H groups in total. The van der Waals surface area contributed by atoms with E-state index in [2.05, 4.69) is 0 Å². The van der Waals surface area contributed by atoms with Crippen molar-refractivity contribution in [3.8, 4) is 0 Å². The zero-order valence-corrected chi connectivity index (χ0v) is 10.9. The van der Waals surface area contributed by atoms with Gasteiger partial charge in [0.1, 0.15) is 0 Å². The first-order valence-corrected chi connectivity index (χ1v) is 6.49. The lowest BCUT2D eigenvalue weighted by molar-refractivity contribution is -0.132. The fraction of sp³-hybridized carbons (Fsp3) is 0.833. The maximum absolute atomic E-state index is 11.8. The summed E-state index contributed by atoms with van der Waals surface area (Å²) in [6.07, 6.45) is 1.55. The number of nitrogens with zero attached hydrogens (tertiary/aromatic N) is 2. The van der Waals surface area contributed by atoms with Crippen LogP contribution in [0.4, 0.5) is 4.79 Å². The van der Waals surface area contributed by atoms with Gasteiger partial charge in [0.05, 0.1) is 6.61 Å². The summed E-state index contributed by atoms with van der Waals surface area (Å²) in [5.74, 6) is 0.104. The number of ether oxygens (including phenoxy) is 1. The molecule has 0 atom stereocenters. The molecule has 1 fully saturated rings. The third kappa shape index (κ3) is 4.52. The van der Waals surface area contributed by atoms with Crippen molar-refractivity contribution in [3.63, 3.8) is 0 Å². The number of piperazine rings is 1. The van der Waals surface area contributed by atoms with Crippen LogP contribution in [0.1, 0.15) is 26.2 Å². The molecule has 0 unspecified atom stereocenters. The van der Waals surface area contributed by atoms with E-state index in [0.29, 0.717) is 52.0 Å². The van der Waals surface area contributed by atoms with E-state index in [-0.39, 0.29) is 18.6 Å². The van der Waals surface area contributed by atoms with Crippen molar-refractivity contribution in [3.05, 3.63) is 0 Å². The normalized spacial score (nSPS) is 15.7. The van der Waals surface area contributed by atoms with Gasteiger partial charge in [-0.25, -0.2) is 4.79 Å². The maximum Gasteiger partial charge on any atom is 0.409 e. The first kappa shape index (κ1) is 14.8. The Morgan fingerprint density at radius 2 is 1.72 bits per heavy atom. The minimum atomic E-state index is -0.301. The summed E-state index contributed by atoms with van der Waals surface area (Å²) < 4.78 is 4.91. The molecule has 0 saturated carbocycles. The second kappa shape index (κ2) is 7.92. The fourth-order valence-electron chi connectivity index (χ4n) is 1.90. The molecule has 104 valence electrons. The first-order chi connectivity index (χ1) is 8.69. The van der Waals surface area contributed by atoms with Crippen molar-refractivity contribution in [1.82, 2.24) is 9.80 Å². The number of rotatable bonds is 5. The molecule has 1 aliphatic heterocycles. The summed E-state index contributed by atoms with van der Waals surface area (Å²) in [5.41, 5.74) is 0. The van der Waals surface area contributed by atoms with Gasteiger partial charge >= 0.3 is 6.09 Å². The average Bonchev–Trinajstić information content (AvgIpc) is 2.39. The SMILES string of the molecule is CCOC(=O)N1CCN(C(=O)CCCCO)CC1. The van der Waals surface area contributed by atoms with Crippen molar-refractivity contribution in [1.29, 1.82) is 0 Å². The lowest BCUT2D eigenvalue weighted by atomic mass is 10.2. The van der Waals surface area contributed by atoms with Crippen LogP contribution in [0.15, 0.2) is 0 Å². The lowest BCUT2D eigenvalue weighted by Gasteiger charge is -2.34. The Morgan fingerprint density at radius 1 is 1.11 bits per heavy atom. The Hall–Kier alpha value is -1.30. The van der Waals surface area contributed by atoms with Crippen LogP contribution in [0.3, 0.4) is 0 Å². The molecule has 2 amide bonds. The van der Waals surface area contributed by atoms with Gasteiger partial charge in [-0.3, -0.25) is 4.79 Å². The van der Waals surface area contributed by atoms with E-state index in [1.165, 1.54) is 0 Å². The highest BCUT2D eigenvalue weighted by atomic mass is 16.6. The molecule has 1 aliphatic rings. The first-order valence-electron chi connectivity index (χ1n) is 6.49. The van der Waals surface area contributed by atoms with Crippen molar-refractivity contribution in [2.24, 2.45) is 0 Å². The molecule has 0 spiro atoms. The van der Waals surface area contributed by atoms with Gasteiger partial charge in [-0.15, -0.1) is 0 Å². The predicted octanol–water partition coefficient (Wildman–Crippen LogP) is 0.450. The van der Waals surface area contributed by atoms with Crippen molar-refractivity contribution >= 4 is 12.0 Å². The van der Waals surface area contributed by atoms with Crippen LogP contribution in [-0.4, -0.2) is 66.3 Å². The highest BCUT2D eigenvalue weighted by molar-refractivity contribution is 5.76. The van der Waals surface area contributed by atoms with Crippen LogP contribution in [0, 0.1) is 0 Å². The van der Waals surface area contributed by atoms with Gasteiger partial charge < -0.3 is 19.6 Å². The number of amides is 2. The Labute approximate surface area is 107 Å². The lowest BCUT2D eigenvalue weighted by Crippen LogP contribution is -2.50. The van der Waals surface area contributed by atoms with Crippen LogP contribution >= 0.6 is 0 Å². The standard InChI is InChI=1S/C12H22N2O4/c1-2-18-12(17)14-8-6-13(7-9-14)11(16)5-3-4-10-15/h15H,2-10H2,1H3. The zero-order valence-electron chi connectivity index (χ0n) is 10.9. The quantitative estimate of drug-likeness (QED) is 0.727. The topological polar surface area (TPSA) is 70.1 Å². The van der Waals surface area contributed by atoms with Crippen LogP contribution in [0.2, 0.25) is 0 Å². The molecule has 0 aromatic carbocycles. The van der Waals surface area contributed by atoms with E-state index in [1.807, 2.05) is 0 Å². The molecule has 1 rings (SSSR count). The Morgan fingerprint density at radius 3 is 2.28 bits per heavy atom. The van der Waals surface area contributed by atoms with Crippen LogP contribution < -0.4 is 0 Å². The number of carbonyl (C=O) groups is 2. The fourth-order valence-corrected chi connectivity index (χ4v) is 1.90. The molecule has 1 heterocycles. The molecule has 6 heteroatoms. The van der Waals surface area contributed by atoms with Crippen LogP contribution in [-0.2, 0) is 9.53 Å². The van der Waals surface area contributed by atoms with Crippen LogP contribution in [0.25, 0.3) is 0 Å². The Kier molecular flexibility index (Phi) is 6.49. The van der Waals surface area contributed by atoms with Gasteiger partial charge in [0.15, 0.2) is 0 Å². The van der Waals surface area contributed by atoms with Crippen LogP contribution in [0.5, 0.6) is 0 Å². The largest absolute Gasteiger partial charge is 0.450 e. The number of carbonyl (C=O) groups excluding carboxylic acids is 2. The highest BCUT2D eigenvalue weighted by Gasteiger charge is 2.24. The molecule has 0 radical (unpaired) electrons. The number of aliphatic hydroxyl groups excluding tert-OH is 1. The van der Waals surface area contributed by atoms with Crippen molar-refractivity contribution < 1.29 is 19.4 Å². The van der Waals surface area contributed by atoms with Gasteiger partial charge in [0.25, 0.3) is 0 Å². The molecule has 0 bridgehead atoms. The highest BCUT2D eigenvalue weighted by Crippen LogP contribution is 2.07. The number of hydrogen-bond donors (Lipinski definition) is 1. The van der Waals surface area contributed by atoms with Crippen molar-refractivity contribution in [2.75, 3.05) is 39.4 Å². The van der Waals surface area contributed by atoms with E-state index >= 15 is 0 Å². The molecule has 0 aliphatic carbocycles. The number of aliphatic hydroxyl groups is 1. The summed E-state index contributed by atoms with van der Waals surface area (Å²) in [7, 11) is 0. The van der Waals surface area contributed by atoms with Gasteiger partial charge in [0.2, 0.25) is 5.91 Å². The van der Waals surface area contributed by atoms with Crippen molar-refractivity contribution in [2.45, 2.75) is 26.2 Å². The third-order valence-corrected chi connectivity index (χ3v) is 2.96. The minimum Gasteiger partial charge on any atom is -0.450 e. The molecular formula is C12H22N2O4. The summed E-state index contributed by atoms with van der Waals surface area (Å²) in [6, 6.07) is 0. The van der Waals surface area contributed by atoms with E-state index in [0.717, 1.165) is 0 Å². The Balaban J connectivity index is 2.26. The second-order valence-corrected chi connectivity index (χ2v) is 4.25. The van der Waals surface area contributed by atoms with Gasteiger partial charge in [-0.1, -0.05) is 0 Å². The molecular weight excluding hydrogens is 236 g/mol. The zero-order chi connectivity index (χ0) is 13.4. The van der Waals surface area contributed by atoms with Gasteiger partial charge in [-0.05, 0) is 19.8 Å². The van der Waals surface area contributed by atoms with E-state index in [4.69, 9.17) is 9.84 Å². The van der Waals surface area contributed by atoms with E-state index in [1.54, 1.807) is 16.7 Å². The minimum absolute atomic E-state index is 0.104. The predicted molar refractivity (Wildman–Crippen MR) is 66.1 cm³/mol. The Bertz CT molecular complexity index is 275. The summed E-state index contributed by atoms with van der Waals surface area (Å²) in [5, 5.41) is 8.65. The van der Waals surface area contributed by atoms with Gasteiger partial charge in [0, 0.05) is 39.2 Å². The van der Waals surface area contributed by atoms with E-state index < -0.39 is 0 Å². The second-order valence-electron chi connectivity index (χ2n) is 4.25. The number of unbranched alkanes of at least 4 members (excludes halogenated alkanes) is 1. The summed E-state index contributed by atoms with van der Waals surface area (Å²) in [4.78, 5) is 26.6. The molecule has 1 saturated heterocycles. The monoisotopic (exact) mass is 258 g/mol. The average molecular weight is 258 g/mol. The number of hydrogen-bond acceptors (Lipinski definition) is 4. The third-order valence-electron chi connectivity index (χ3n) is 2.96. The van der Waals surface area contributed by atoms with E-state index in [9.17, 15) is 9.59 Å². The maximum atomic E-state index is 11.8. The molecule has 6 nitrogen and oxygen atoms in total. The summed E-state index contributed by atoms with van der Waals surface area (Å²) >= 11 is 0. The smallest absolute Gasteiger partial charge is 0.409 e. The summed E-state index contributed by atoms with van der Waals surface area (Å²) in [6.45, 7) is 4.48.